The van der Waals surface area contributed by atoms with Gasteiger partial charge in [0.25, 0.3) is 0 Å². The maximum Gasteiger partial charge on any atom is 0.248 e. The standard InChI is InChI=1S/C29H26ClN7O4/c1-3-40-27-15-24-22(14-25(27)35-28(38)8-6-12-37(2)36-39)29(19(16-31)17-33-24)34-20-9-10-26(23(30)13-20)41-18-21-7-4-5-11-32-21/h4-11,13-15,17H,3,12,18H2,1-2H3,(H,33,34)(H,35,38)/b8-6+. The minimum Gasteiger partial charge on any atom is -0.492 e. The molecular formula is C29H26ClN7O4. The third kappa shape index (κ3) is 7.46. The summed E-state index contributed by atoms with van der Waals surface area (Å²) in [5, 5.41) is 20.7. The Hall–Kier alpha value is -5.21. The van der Waals surface area contributed by atoms with Crippen LogP contribution in [0.5, 0.6) is 11.5 Å². The number of ether oxygens (including phenoxy) is 2. The number of nitrogens with one attached hydrogen (secondary N) is 2. The molecule has 0 atom stereocenters. The van der Waals surface area contributed by atoms with Crippen LogP contribution < -0.4 is 20.1 Å². The zero-order chi connectivity index (χ0) is 29.2. The van der Waals surface area contributed by atoms with Crippen molar-refractivity contribution >= 4 is 45.5 Å². The maximum atomic E-state index is 12.6. The molecule has 2 aromatic carbocycles. The number of halogens is 1. The number of nitriles is 1. The minimum absolute atomic E-state index is 0.173. The Bertz CT molecular complexity index is 1620. The van der Waals surface area contributed by atoms with Crippen molar-refractivity contribution in [2.75, 3.05) is 30.8 Å². The molecule has 0 saturated carbocycles. The van der Waals surface area contributed by atoms with Crippen LogP contribution in [-0.2, 0) is 11.4 Å². The predicted molar refractivity (Wildman–Crippen MR) is 157 cm³/mol. The fourth-order valence-corrected chi connectivity index (χ4v) is 4.04. The quantitative estimate of drug-likeness (QED) is 0.119. The average molecular weight is 572 g/mol. The van der Waals surface area contributed by atoms with Crippen molar-refractivity contribution in [1.82, 2.24) is 15.0 Å². The lowest BCUT2D eigenvalue weighted by Crippen LogP contribution is -2.12. The molecule has 0 saturated heterocycles. The van der Waals surface area contributed by atoms with Crippen molar-refractivity contribution in [3.63, 3.8) is 0 Å². The number of hydrogen-bond donors (Lipinski definition) is 2. The van der Waals surface area contributed by atoms with E-state index in [-0.39, 0.29) is 18.7 Å². The van der Waals surface area contributed by atoms with Crippen LogP contribution in [0.3, 0.4) is 0 Å². The summed E-state index contributed by atoms with van der Waals surface area (Å²) in [5.74, 6) is 0.461. The molecule has 208 valence electrons. The molecule has 12 heteroatoms. The molecule has 0 radical (unpaired) electrons. The summed E-state index contributed by atoms with van der Waals surface area (Å²) in [6.45, 7) is 2.61. The second-order valence-corrected chi connectivity index (χ2v) is 9.06. The number of nitroso groups, excluding NO2 is 1. The Balaban J connectivity index is 1.63. The van der Waals surface area contributed by atoms with Gasteiger partial charge in [-0.3, -0.25) is 19.8 Å². The van der Waals surface area contributed by atoms with Crippen molar-refractivity contribution in [3.05, 3.63) is 94.3 Å². The van der Waals surface area contributed by atoms with Gasteiger partial charge in [0.15, 0.2) is 0 Å². The Morgan fingerprint density at radius 1 is 1.17 bits per heavy atom. The lowest BCUT2D eigenvalue weighted by molar-refractivity contribution is -0.111. The van der Waals surface area contributed by atoms with Crippen molar-refractivity contribution in [2.45, 2.75) is 13.5 Å². The van der Waals surface area contributed by atoms with Crippen molar-refractivity contribution in [3.8, 4) is 17.6 Å². The van der Waals surface area contributed by atoms with Crippen molar-refractivity contribution in [2.24, 2.45) is 5.29 Å². The first-order valence-electron chi connectivity index (χ1n) is 12.5. The van der Waals surface area contributed by atoms with Crippen LogP contribution in [0, 0.1) is 16.2 Å². The highest BCUT2D eigenvalue weighted by Crippen LogP contribution is 2.37. The molecular weight excluding hydrogens is 546 g/mol. The molecule has 0 unspecified atom stereocenters. The first-order chi connectivity index (χ1) is 19.9. The third-order valence-corrected chi connectivity index (χ3v) is 6.02. The molecule has 2 aromatic heterocycles. The highest BCUT2D eigenvalue weighted by molar-refractivity contribution is 6.32. The van der Waals surface area contributed by atoms with E-state index in [1.54, 1.807) is 36.5 Å². The van der Waals surface area contributed by atoms with Gasteiger partial charge in [0, 0.05) is 42.7 Å². The lowest BCUT2D eigenvalue weighted by atomic mass is 10.1. The Kier molecular flexibility index (Phi) is 9.64. The van der Waals surface area contributed by atoms with Crippen LogP contribution in [0.1, 0.15) is 18.2 Å². The number of aromatic nitrogens is 2. The summed E-state index contributed by atoms with van der Waals surface area (Å²) in [4.78, 5) is 31.8. The van der Waals surface area contributed by atoms with Crippen LogP contribution in [0.25, 0.3) is 10.9 Å². The zero-order valence-electron chi connectivity index (χ0n) is 22.3. The molecule has 0 aliphatic heterocycles. The van der Waals surface area contributed by atoms with Gasteiger partial charge in [0.05, 0.1) is 51.6 Å². The Morgan fingerprint density at radius 2 is 2.02 bits per heavy atom. The van der Waals surface area contributed by atoms with Gasteiger partial charge in [-0.25, -0.2) is 0 Å². The minimum atomic E-state index is -0.434. The van der Waals surface area contributed by atoms with E-state index in [0.29, 0.717) is 51.1 Å². The molecule has 0 bridgehead atoms. The monoisotopic (exact) mass is 571 g/mol. The summed E-state index contributed by atoms with van der Waals surface area (Å²) in [6, 6.07) is 16.3. The molecule has 0 aliphatic carbocycles. The lowest BCUT2D eigenvalue weighted by Gasteiger charge is -2.16. The molecule has 2 heterocycles. The van der Waals surface area contributed by atoms with Gasteiger partial charge in [-0.1, -0.05) is 23.7 Å². The van der Waals surface area contributed by atoms with E-state index in [1.807, 2.05) is 25.1 Å². The maximum absolute atomic E-state index is 12.6. The number of anilines is 3. The Labute approximate surface area is 241 Å². The van der Waals surface area contributed by atoms with E-state index in [2.05, 4.69) is 32.0 Å². The smallest absolute Gasteiger partial charge is 0.248 e. The van der Waals surface area contributed by atoms with Crippen LogP contribution in [0.15, 0.2) is 78.4 Å². The molecule has 41 heavy (non-hydrogen) atoms. The zero-order valence-corrected chi connectivity index (χ0v) is 23.1. The second-order valence-electron chi connectivity index (χ2n) is 8.65. The second kappa shape index (κ2) is 13.7. The number of rotatable bonds is 12. The number of amides is 1. The van der Waals surface area contributed by atoms with Gasteiger partial charge in [-0.2, -0.15) is 5.26 Å². The summed E-state index contributed by atoms with van der Waals surface area (Å²) >= 11 is 6.50. The van der Waals surface area contributed by atoms with E-state index in [1.165, 1.54) is 25.4 Å². The number of carbonyl (C=O) groups is 1. The summed E-state index contributed by atoms with van der Waals surface area (Å²) in [6.07, 6.45) is 5.96. The van der Waals surface area contributed by atoms with Gasteiger partial charge >= 0.3 is 0 Å². The van der Waals surface area contributed by atoms with E-state index in [0.717, 1.165) is 10.7 Å². The van der Waals surface area contributed by atoms with Crippen LogP contribution in [0.4, 0.5) is 17.1 Å². The number of pyridine rings is 2. The average Bonchev–Trinajstić information content (AvgIpc) is 2.98. The van der Waals surface area contributed by atoms with E-state index in [9.17, 15) is 15.0 Å². The van der Waals surface area contributed by atoms with Gasteiger partial charge in [0.1, 0.15) is 24.2 Å². The highest BCUT2D eigenvalue weighted by Gasteiger charge is 2.16. The number of nitrogens with zero attached hydrogens (tertiary/aromatic N) is 5. The number of likely N-dealkylation sites (N-methyl/N-ethyl adjacent to an activating group) is 1. The summed E-state index contributed by atoms with van der Waals surface area (Å²) in [7, 11) is 1.50. The number of carbonyl (C=O) groups excluding carboxylic acids is 1. The largest absolute Gasteiger partial charge is 0.492 e. The fraction of sp³-hybridized carbons (Fsp3) is 0.172. The molecule has 11 nitrogen and oxygen atoms in total. The predicted octanol–water partition coefficient (Wildman–Crippen LogP) is 5.98. The summed E-state index contributed by atoms with van der Waals surface area (Å²) in [5.41, 5.74) is 3.07. The fourth-order valence-electron chi connectivity index (χ4n) is 3.81. The summed E-state index contributed by atoms with van der Waals surface area (Å²) < 4.78 is 11.6. The molecule has 4 aromatic rings. The topological polar surface area (TPSA) is 142 Å². The van der Waals surface area contributed by atoms with Gasteiger partial charge in [0.2, 0.25) is 5.91 Å². The van der Waals surface area contributed by atoms with Gasteiger partial charge in [-0.05, 0) is 43.3 Å². The van der Waals surface area contributed by atoms with Crippen LogP contribution >= 0.6 is 11.6 Å². The first-order valence-corrected chi connectivity index (χ1v) is 12.9. The molecule has 4 rings (SSSR count). The SMILES string of the molecule is CCOc1cc2ncc(C#N)c(Nc3ccc(OCc4ccccn4)c(Cl)c3)c2cc1NC(=O)/C=C/CN(C)N=O. The normalized spacial score (nSPS) is 10.7. The van der Waals surface area contributed by atoms with Gasteiger partial charge < -0.3 is 20.1 Å². The van der Waals surface area contributed by atoms with E-state index >= 15 is 0 Å². The highest BCUT2D eigenvalue weighted by atomic mass is 35.5. The first kappa shape index (κ1) is 28.8. The molecule has 1 amide bonds. The molecule has 0 spiro atoms. The van der Waals surface area contributed by atoms with Crippen LogP contribution in [-0.4, -0.2) is 41.1 Å². The number of benzene rings is 2. The van der Waals surface area contributed by atoms with Crippen LogP contribution in [0.2, 0.25) is 5.02 Å². The van der Waals surface area contributed by atoms with Crippen molar-refractivity contribution < 1.29 is 14.3 Å². The third-order valence-electron chi connectivity index (χ3n) is 5.73. The van der Waals surface area contributed by atoms with Crippen molar-refractivity contribution in [1.29, 1.82) is 5.26 Å². The molecule has 2 N–H and O–H groups in total. The number of fused-ring (bicyclic) bond motifs is 1. The molecule has 0 fully saturated rings. The molecule has 0 aliphatic rings. The van der Waals surface area contributed by atoms with E-state index in [4.69, 9.17) is 21.1 Å². The van der Waals surface area contributed by atoms with E-state index < -0.39 is 5.91 Å². The Morgan fingerprint density at radius 3 is 2.73 bits per heavy atom. The van der Waals surface area contributed by atoms with Gasteiger partial charge in [-0.15, -0.1) is 4.91 Å². The number of hydrogen-bond acceptors (Lipinski definition) is 9.